The summed E-state index contributed by atoms with van der Waals surface area (Å²) in [6.45, 7) is 3.96. The fourth-order valence-electron chi connectivity index (χ4n) is 2.12. The third-order valence-corrected chi connectivity index (χ3v) is 3.77. The van der Waals surface area contributed by atoms with Gasteiger partial charge in [-0.15, -0.1) is 4.68 Å². The lowest BCUT2D eigenvalue weighted by Crippen LogP contribution is -2.24. The van der Waals surface area contributed by atoms with Crippen molar-refractivity contribution in [2.45, 2.75) is 6.61 Å². The van der Waals surface area contributed by atoms with Crippen molar-refractivity contribution in [3.8, 4) is 11.0 Å². The number of tetrazole rings is 1. The highest BCUT2D eigenvalue weighted by atomic mass is 32.1. The number of thiazole rings is 1. The second-order valence-corrected chi connectivity index (χ2v) is 5.35. The summed E-state index contributed by atoms with van der Waals surface area (Å²) in [6.07, 6.45) is 3.67. The van der Waals surface area contributed by atoms with Gasteiger partial charge in [-0.2, -0.15) is 4.68 Å². The number of aryl methyl sites for hydroxylation is 2. The summed E-state index contributed by atoms with van der Waals surface area (Å²) in [4.78, 5) is 16.1. The number of nitrogens with zero attached hydrogens (tertiary/aromatic N) is 6. The van der Waals surface area contributed by atoms with Gasteiger partial charge in [0.2, 0.25) is 0 Å². The molecule has 3 aromatic rings. The summed E-state index contributed by atoms with van der Waals surface area (Å²) in [5, 5.41) is 9.59. The van der Waals surface area contributed by atoms with Crippen molar-refractivity contribution in [2.24, 2.45) is 14.1 Å². The third-order valence-electron chi connectivity index (χ3n) is 3.14. The first kappa shape index (κ1) is 13.0. The molecule has 0 fully saturated rings. The average molecular weight is 320 g/mol. The van der Waals surface area contributed by atoms with Gasteiger partial charge in [-0.1, -0.05) is 24.0 Å². The van der Waals surface area contributed by atoms with E-state index >= 15 is 0 Å². The molecule has 0 saturated carbocycles. The minimum absolute atomic E-state index is 0.160. The minimum Gasteiger partial charge on any atom is -0.465 e. The second-order valence-electron chi connectivity index (χ2n) is 4.53. The van der Waals surface area contributed by atoms with Crippen LogP contribution >= 0.6 is 11.3 Å². The Balaban J connectivity index is 2.02. The number of hydrogen-bond acceptors (Lipinski definition) is 6. The van der Waals surface area contributed by atoms with Crippen LogP contribution < -0.4 is 10.4 Å². The Morgan fingerprint density at radius 1 is 1.50 bits per heavy atom. The van der Waals surface area contributed by atoms with Crippen LogP contribution in [-0.4, -0.2) is 29.3 Å². The fraction of sp³-hybridized carbons (Fsp3) is 0.231. The molecule has 3 aromatic heterocycles. The Hall–Kier alpha value is -2.68. The van der Waals surface area contributed by atoms with Crippen LogP contribution in [0.4, 0.5) is 0 Å². The highest BCUT2D eigenvalue weighted by Crippen LogP contribution is 2.23. The predicted molar refractivity (Wildman–Crippen MR) is 82.1 cm³/mol. The first-order valence-corrected chi connectivity index (χ1v) is 7.24. The maximum Gasteiger partial charge on any atom is 0.369 e. The molecule has 22 heavy (non-hydrogen) atoms. The Morgan fingerprint density at radius 3 is 2.91 bits per heavy atom. The van der Waals surface area contributed by atoms with Crippen LogP contribution in [0.5, 0.6) is 5.19 Å². The van der Waals surface area contributed by atoms with Crippen LogP contribution in [-0.2, 0) is 20.7 Å². The minimum atomic E-state index is -0.356. The molecule has 0 atom stereocenters. The zero-order valence-electron chi connectivity index (χ0n) is 13.1. The topological polar surface area (TPSA) is 79.8 Å². The standard InChI is InChI=1S/C13H14N6O2S/c1-4-9-7-17(2)11(19-13(20)18(3)15-16-19)10(9)8-21-12-14-5-6-22-12/h4-7H,1,8H2,2-3H3/i5T. The van der Waals surface area contributed by atoms with Crippen LogP contribution in [0.2, 0.25) is 0 Å². The Bertz CT molecular complexity index is 921. The largest absolute Gasteiger partial charge is 0.465 e. The van der Waals surface area contributed by atoms with E-state index < -0.39 is 0 Å². The van der Waals surface area contributed by atoms with Crippen LogP contribution in [0.3, 0.4) is 0 Å². The molecule has 9 heteroatoms. The number of aromatic nitrogens is 6. The van der Waals surface area contributed by atoms with E-state index in [4.69, 9.17) is 6.11 Å². The van der Waals surface area contributed by atoms with Crippen molar-refractivity contribution >= 4 is 17.4 Å². The smallest absolute Gasteiger partial charge is 0.369 e. The van der Waals surface area contributed by atoms with Crippen LogP contribution in [0.25, 0.3) is 11.9 Å². The maximum absolute atomic E-state index is 12.1. The molecule has 114 valence electrons. The van der Waals surface area contributed by atoms with E-state index in [2.05, 4.69) is 22.0 Å². The molecule has 3 heterocycles. The van der Waals surface area contributed by atoms with Crippen molar-refractivity contribution in [1.82, 2.24) is 29.3 Å². The van der Waals surface area contributed by atoms with E-state index in [0.29, 0.717) is 11.0 Å². The van der Waals surface area contributed by atoms with E-state index in [-0.39, 0.29) is 18.5 Å². The molecule has 0 amide bonds. The van der Waals surface area contributed by atoms with Gasteiger partial charge < -0.3 is 9.30 Å². The van der Waals surface area contributed by atoms with E-state index in [9.17, 15) is 4.79 Å². The third kappa shape index (κ3) is 2.35. The van der Waals surface area contributed by atoms with E-state index in [0.717, 1.165) is 15.8 Å². The lowest BCUT2D eigenvalue weighted by molar-refractivity contribution is 0.303. The summed E-state index contributed by atoms with van der Waals surface area (Å²) >= 11 is 1.24. The molecule has 0 N–H and O–H groups in total. The molecule has 0 aliphatic rings. The van der Waals surface area contributed by atoms with Gasteiger partial charge in [0.25, 0.3) is 5.19 Å². The molecule has 0 aliphatic heterocycles. The summed E-state index contributed by atoms with van der Waals surface area (Å²) in [6, 6.07) is 0. The zero-order chi connectivity index (χ0) is 16.6. The van der Waals surface area contributed by atoms with Crippen molar-refractivity contribution in [3.05, 3.63) is 45.9 Å². The van der Waals surface area contributed by atoms with E-state index in [1.807, 2.05) is 6.20 Å². The molecule has 0 aromatic carbocycles. The SMILES string of the molecule is [3H]c1csc(OCc2c(C=C)cn(C)c2-n2nnn(C)c2=O)n1. The lowest BCUT2D eigenvalue weighted by Gasteiger charge is -2.07. The molecule has 0 radical (unpaired) electrons. The summed E-state index contributed by atoms with van der Waals surface area (Å²) in [5.74, 6) is 0.556. The molecule has 0 spiro atoms. The Labute approximate surface area is 131 Å². The number of ether oxygens (including phenoxy) is 1. The first-order chi connectivity index (χ1) is 11.0. The monoisotopic (exact) mass is 320 g/mol. The van der Waals surface area contributed by atoms with E-state index in [1.165, 1.54) is 23.1 Å². The highest BCUT2D eigenvalue weighted by molar-refractivity contribution is 7.11. The van der Waals surface area contributed by atoms with Crippen molar-refractivity contribution in [3.63, 3.8) is 0 Å². The average Bonchev–Trinajstić information content (AvgIpc) is 3.17. The lowest BCUT2D eigenvalue weighted by atomic mass is 10.2. The highest BCUT2D eigenvalue weighted by Gasteiger charge is 2.19. The molecular formula is C13H14N6O2S. The van der Waals surface area contributed by atoms with Gasteiger partial charge in [0.15, 0.2) is 0 Å². The van der Waals surface area contributed by atoms with Gasteiger partial charge >= 0.3 is 5.69 Å². The summed E-state index contributed by atoms with van der Waals surface area (Å²) in [5.41, 5.74) is 1.21. The molecule has 0 saturated heterocycles. The quantitative estimate of drug-likeness (QED) is 0.700. The van der Waals surface area contributed by atoms with Crippen molar-refractivity contribution in [2.75, 3.05) is 0 Å². The molecule has 3 rings (SSSR count). The Kier molecular flexibility index (Phi) is 3.31. The van der Waals surface area contributed by atoms with Gasteiger partial charge in [-0.3, -0.25) is 0 Å². The number of rotatable bonds is 5. The van der Waals surface area contributed by atoms with Crippen LogP contribution in [0, 0.1) is 0 Å². The van der Waals surface area contributed by atoms with Gasteiger partial charge in [-0.05, 0) is 10.4 Å². The molecule has 0 unspecified atom stereocenters. The zero-order valence-corrected chi connectivity index (χ0v) is 12.9. The molecule has 8 nitrogen and oxygen atoms in total. The van der Waals surface area contributed by atoms with E-state index in [1.54, 1.807) is 23.1 Å². The second kappa shape index (κ2) is 5.60. The molecule has 0 aliphatic carbocycles. The van der Waals surface area contributed by atoms with Crippen LogP contribution in [0.1, 0.15) is 12.5 Å². The predicted octanol–water partition coefficient (Wildman–Crippen LogP) is 0.983. The van der Waals surface area contributed by atoms with Crippen LogP contribution in [0.15, 0.2) is 29.1 Å². The fourth-order valence-corrected chi connectivity index (χ4v) is 2.56. The van der Waals surface area contributed by atoms with Crippen molar-refractivity contribution < 1.29 is 6.11 Å². The van der Waals surface area contributed by atoms with Gasteiger partial charge in [0, 0.05) is 43.0 Å². The molecular weight excluding hydrogens is 304 g/mol. The first-order valence-electron chi connectivity index (χ1n) is 6.86. The normalized spacial score (nSPS) is 11.5. The molecule has 0 bridgehead atoms. The maximum atomic E-state index is 12.1. The van der Waals surface area contributed by atoms with Gasteiger partial charge in [-0.25, -0.2) is 9.78 Å². The van der Waals surface area contributed by atoms with Crippen molar-refractivity contribution in [1.29, 1.82) is 0 Å². The Morgan fingerprint density at radius 2 is 2.32 bits per heavy atom. The van der Waals surface area contributed by atoms with Gasteiger partial charge in [0.05, 0.1) is 1.37 Å². The summed E-state index contributed by atoms with van der Waals surface area (Å²) in [7, 11) is 3.34. The number of hydrogen-bond donors (Lipinski definition) is 0. The summed E-state index contributed by atoms with van der Waals surface area (Å²) < 4.78 is 17.2. The van der Waals surface area contributed by atoms with Gasteiger partial charge in [0.1, 0.15) is 12.4 Å².